The maximum absolute atomic E-state index is 12.0. The SMILES string of the molecule is CCCn1nc(C(=O)NCC2CCCC2)ccc1=O. The highest BCUT2D eigenvalue weighted by Crippen LogP contribution is 2.23. The van der Waals surface area contributed by atoms with E-state index >= 15 is 0 Å². The molecule has 0 bridgehead atoms. The summed E-state index contributed by atoms with van der Waals surface area (Å²) in [5.74, 6) is 0.419. The van der Waals surface area contributed by atoms with E-state index in [9.17, 15) is 9.59 Å². The van der Waals surface area contributed by atoms with Crippen LogP contribution in [-0.4, -0.2) is 22.2 Å². The second kappa shape index (κ2) is 6.50. The van der Waals surface area contributed by atoms with Gasteiger partial charge in [-0.05, 0) is 31.2 Å². The van der Waals surface area contributed by atoms with Gasteiger partial charge in [-0.1, -0.05) is 19.8 Å². The van der Waals surface area contributed by atoms with Crippen molar-refractivity contribution in [1.82, 2.24) is 15.1 Å². The van der Waals surface area contributed by atoms with Gasteiger partial charge in [0, 0.05) is 19.2 Å². The topological polar surface area (TPSA) is 64.0 Å². The summed E-state index contributed by atoms with van der Waals surface area (Å²) in [5, 5.41) is 7.01. The van der Waals surface area contributed by atoms with E-state index in [4.69, 9.17) is 0 Å². The van der Waals surface area contributed by atoms with Gasteiger partial charge in [0.15, 0.2) is 0 Å². The van der Waals surface area contributed by atoms with Crippen molar-refractivity contribution in [2.75, 3.05) is 6.54 Å². The lowest BCUT2D eigenvalue weighted by Crippen LogP contribution is -2.32. The molecule has 5 heteroatoms. The molecule has 1 fully saturated rings. The van der Waals surface area contributed by atoms with Crippen LogP contribution >= 0.6 is 0 Å². The minimum Gasteiger partial charge on any atom is -0.350 e. The van der Waals surface area contributed by atoms with Crippen molar-refractivity contribution in [2.45, 2.75) is 45.6 Å². The van der Waals surface area contributed by atoms with E-state index in [0.29, 0.717) is 24.7 Å². The van der Waals surface area contributed by atoms with Crippen molar-refractivity contribution in [3.63, 3.8) is 0 Å². The molecule has 104 valence electrons. The minimum atomic E-state index is -0.184. The quantitative estimate of drug-likeness (QED) is 0.877. The van der Waals surface area contributed by atoms with Gasteiger partial charge >= 0.3 is 0 Å². The molecule has 2 rings (SSSR count). The highest BCUT2D eigenvalue weighted by atomic mass is 16.2. The van der Waals surface area contributed by atoms with Gasteiger partial charge in [-0.15, -0.1) is 0 Å². The van der Waals surface area contributed by atoms with Crippen molar-refractivity contribution < 1.29 is 4.79 Å². The first-order valence-electron chi connectivity index (χ1n) is 7.07. The molecule has 1 saturated carbocycles. The summed E-state index contributed by atoms with van der Waals surface area (Å²) < 4.78 is 1.35. The minimum absolute atomic E-state index is 0.158. The molecule has 1 amide bonds. The molecule has 0 unspecified atom stereocenters. The van der Waals surface area contributed by atoms with Crippen LogP contribution in [0.5, 0.6) is 0 Å². The van der Waals surface area contributed by atoms with E-state index < -0.39 is 0 Å². The van der Waals surface area contributed by atoms with E-state index in [1.807, 2.05) is 6.92 Å². The molecule has 19 heavy (non-hydrogen) atoms. The van der Waals surface area contributed by atoms with E-state index in [2.05, 4.69) is 10.4 Å². The third-order valence-electron chi connectivity index (χ3n) is 3.56. The van der Waals surface area contributed by atoms with Crippen LogP contribution in [-0.2, 0) is 6.54 Å². The lowest BCUT2D eigenvalue weighted by Gasteiger charge is -2.10. The predicted molar refractivity (Wildman–Crippen MR) is 73.1 cm³/mol. The molecule has 1 aliphatic carbocycles. The average molecular weight is 263 g/mol. The van der Waals surface area contributed by atoms with Crippen LogP contribution in [0.1, 0.15) is 49.5 Å². The van der Waals surface area contributed by atoms with Crippen LogP contribution in [0.3, 0.4) is 0 Å². The smallest absolute Gasteiger partial charge is 0.271 e. The highest BCUT2D eigenvalue weighted by molar-refractivity contribution is 5.91. The maximum Gasteiger partial charge on any atom is 0.271 e. The number of carbonyl (C=O) groups excluding carboxylic acids is 1. The first-order chi connectivity index (χ1) is 9.20. The molecule has 0 aliphatic heterocycles. The fourth-order valence-corrected chi connectivity index (χ4v) is 2.48. The van der Waals surface area contributed by atoms with Gasteiger partial charge in [0.05, 0.1) is 0 Å². The number of nitrogens with one attached hydrogen (secondary N) is 1. The van der Waals surface area contributed by atoms with Crippen LogP contribution in [0.15, 0.2) is 16.9 Å². The molecule has 0 spiro atoms. The standard InChI is InChI=1S/C14H21N3O2/c1-2-9-17-13(18)8-7-12(16-17)14(19)15-10-11-5-3-4-6-11/h7-8,11H,2-6,9-10H2,1H3,(H,15,19). The summed E-state index contributed by atoms with van der Waals surface area (Å²) in [7, 11) is 0. The lowest BCUT2D eigenvalue weighted by molar-refractivity contribution is 0.0939. The van der Waals surface area contributed by atoms with Crippen molar-refractivity contribution in [2.24, 2.45) is 5.92 Å². The number of aromatic nitrogens is 2. The Morgan fingerprint density at radius 1 is 1.42 bits per heavy atom. The molecule has 1 aromatic rings. The number of hydrogen-bond acceptors (Lipinski definition) is 3. The molecule has 0 radical (unpaired) electrons. The highest BCUT2D eigenvalue weighted by Gasteiger charge is 2.16. The van der Waals surface area contributed by atoms with Crippen LogP contribution in [0.25, 0.3) is 0 Å². The molecular weight excluding hydrogens is 242 g/mol. The van der Waals surface area contributed by atoms with Crippen molar-refractivity contribution >= 4 is 5.91 Å². The molecule has 1 aromatic heterocycles. The second-order valence-electron chi connectivity index (χ2n) is 5.14. The van der Waals surface area contributed by atoms with Gasteiger partial charge < -0.3 is 5.32 Å². The Hall–Kier alpha value is -1.65. The van der Waals surface area contributed by atoms with Crippen LogP contribution in [0.2, 0.25) is 0 Å². The normalized spacial score (nSPS) is 15.6. The first-order valence-corrected chi connectivity index (χ1v) is 7.07. The van der Waals surface area contributed by atoms with E-state index in [1.165, 1.54) is 42.5 Å². The number of aryl methyl sites for hydroxylation is 1. The molecule has 0 aromatic carbocycles. The zero-order valence-corrected chi connectivity index (χ0v) is 11.4. The Bertz CT molecular complexity index is 490. The van der Waals surface area contributed by atoms with Crippen molar-refractivity contribution in [3.05, 3.63) is 28.2 Å². The fraction of sp³-hybridized carbons (Fsp3) is 0.643. The summed E-state index contributed by atoms with van der Waals surface area (Å²) >= 11 is 0. The summed E-state index contributed by atoms with van der Waals surface area (Å²) in [4.78, 5) is 23.5. The Balaban J connectivity index is 1.97. The van der Waals surface area contributed by atoms with Crippen LogP contribution in [0, 0.1) is 5.92 Å². The van der Waals surface area contributed by atoms with E-state index in [1.54, 1.807) is 0 Å². The molecule has 1 aliphatic rings. The molecule has 5 nitrogen and oxygen atoms in total. The Labute approximate surface area is 113 Å². The number of hydrogen-bond donors (Lipinski definition) is 1. The van der Waals surface area contributed by atoms with Gasteiger partial charge in [-0.3, -0.25) is 9.59 Å². The Kier molecular flexibility index (Phi) is 4.71. The number of rotatable bonds is 5. The molecule has 0 atom stereocenters. The second-order valence-corrected chi connectivity index (χ2v) is 5.14. The van der Waals surface area contributed by atoms with Gasteiger partial charge in [0.25, 0.3) is 11.5 Å². The van der Waals surface area contributed by atoms with E-state index in [0.717, 1.165) is 6.42 Å². The summed E-state index contributed by atoms with van der Waals surface area (Å²) in [5.41, 5.74) is 0.167. The third kappa shape index (κ3) is 3.66. The summed E-state index contributed by atoms with van der Waals surface area (Å²) in [6, 6.07) is 2.91. The summed E-state index contributed by atoms with van der Waals surface area (Å²) in [6.45, 7) is 3.23. The zero-order chi connectivity index (χ0) is 13.7. The predicted octanol–water partition coefficient (Wildman–Crippen LogP) is 1.57. The zero-order valence-electron chi connectivity index (χ0n) is 11.4. The Morgan fingerprint density at radius 3 is 2.84 bits per heavy atom. The lowest BCUT2D eigenvalue weighted by atomic mass is 10.1. The molecule has 1 N–H and O–H groups in total. The maximum atomic E-state index is 12.0. The number of amides is 1. The van der Waals surface area contributed by atoms with Gasteiger partial charge in [-0.25, -0.2) is 4.68 Å². The Morgan fingerprint density at radius 2 is 2.16 bits per heavy atom. The molecular formula is C14H21N3O2. The largest absolute Gasteiger partial charge is 0.350 e. The van der Waals surface area contributed by atoms with E-state index in [-0.39, 0.29) is 11.5 Å². The van der Waals surface area contributed by atoms with Crippen molar-refractivity contribution in [3.8, 4) is 0 Å². The number of nitrogens with zero attached hydrogens (tertiary/aromatic N) is 2. The fourth-order valence-electron chi connectivity index (χ4n) is 2.48. The number of carbonyl (C=O) groups is 1. The van der Waals surface area contributed by atoms with Crippen LogP contribution in [0.4, 0.5) is 0 Å². The molecule has 0 saturated heterocycles. The average Bonchev–Trinajstić information content (AvgIpc) is 2.92. The van der Waals surface area contributed by atoms with Crippen LogP contribution < -0.4 is 10.9 Å². The first kappa shape index (κ1) is 13.8. The van der Waals surface area contributed by atoms with Gasteiger partial charge in [0.1, 0.15) is 5.69 Å². The third-order valence-corrected chi connectivity index (χ3v) is 3.56. The van der Waals surface area contributed by atoms with Gasteiger partial charge in [0.2, 0.25) is 0 Å². The summed E-state index contributed by atoms with van der Waals surface area (Å²) in [6.07, 6.45) is 5.74. The van der Waals surface area contributed by atoms with Crippen molar-refractivity contribution in [1.29, 1.82) is 0 Å². The molecule has 1 heterocycles. The monoisotopic (exact) mass is 263 g/mol. The van der Waals surface area contributed by atoms with Gasteiger partial charge in [-0.2, -0.15) is 5.10 Å².